The molecule has 0 aliphatic rings. The highest BCUT2D eigenvalue weighted by molar-refractivity contribution is 5.69. The number of benzene rings is 1. The minimum atomic E-state index is -0.0890. The van der Waals surface area contributed by atoms with Crippen molar-refractivity contribution in [1.82, 2.24) is 0 Å². The Morgan fingerprint density at radius 1 is 0.741 bits per heavy atom. The Bertz CT molecular complexity index is 467. The molecule has 0 fully saturated rings. The second-order valence-corrected chi connectivity index (χ2v) is 7.50. The molecule has 1 rings (SSSR count). The van der Waals surface area contributed by atoms with Gasteiger partial charge in [-0.25, -0.2) is 0 Å². The molecule has 0 spiro atoms. The van der Waals surface area contributed by atoms with Crippen LogP contribution in [0.3, 0.4) is 0 Å². The molecule has 3 heteroatoms. The van der Waals surface area contributed by atoms with Crippen LogP contribution in [0.15, 0.2) is 24.3 Å². The van der Waals surface area contributed by atoms with Crippen LogP contribution in [0, 0.1) is 0 Å². The molecule has 1 aromatic carbocycles. The summed E-state index contributed by atoms with van der Waals surface area (Å²) in [7, 11) is 1.64. The van der Waals surface area contributed by atoms with Crippen molar-refractivity contribution in [3.8, 4) is 5.75 Å². The van der Waals surface area contributed by atoms with Gasteiger partial charge in [0, 0.05) is 6.42 Å². The SMILES string of the molecule is CCCCCCCCCCCCCCCC(=O)OCc1ccc(OC)cc1. The van der Waals surface area contributed by atoms with E-state index in [0.717, 1.165) is 24.2 Å². The van der Waals surface area contributed by atoms with E-state index >= 15 is 0 Å². The molecule has 0 aromatic heterocycles. The highest BCUT2D eigenvalue weighted by Gasteiger charge is 2.03. The highest BCUT2D eigenvalue weighted by atomic mass is 16.5. The smallest absolute Gasteiger partial charge is 0.306 e. The molecule has 0 saturated heterocycles. The van der Waals surface area contributed by atoms with Gasteiger partial charge >= 0.3 is 5.97 Å². The standard InChI is InChI=1S/C24H40O3/c1-3-4-5-6-7-8-9-10-11-12-13-14-15-16-24(25)27-21-22-17-19-23(26-2)20-18-22/h17-20H,3-16,21H2,1-2H3. The van der Waals surface area contributed by atoms with E-state index in [0.29, 0.717) is 13.0 Å². The lowest BCUT2D eigenvalue weighted by atomic mass is 10.0. The van der Waals surface area contributed by atoms with Crippen LogP contribution in [-0.2, 0) is 16.1 Å². The van der Waals surface area contributed by atoms with Crippen molar-refractivity contribution >= 4 is 5.97 Å². The first-order valence-electron chi connectivity index (χ1n) is 11.0. The first-order valence-corrected chi connectivity index (χ1v) is 11.0. The third kappa shape index (κ3) is 13.3. The minimum absolute atomic E-state index is 0.0890. The first kappa shape index (κ1) is 23.5. The molecule has 154 valence electrons. The number of hydrogen-bond donors (Lipinski definition) is 0. The van der Waals surface area contributed by atoms with Gasteiger partial charge in [-0.3, -0.25) is 4.79 Å². The summed E-state index contributed by atoms with van der Waals surface area (Å²) >= 11 is 0. The summed E-state index contributed by atoms with van der Waals surface area (Å²) in [4.78, 5) is 11.8. The maximum absolute atomic E-state index is 11.8. The van der Waals surface area contributed by atoms with Gasteiger partial charge in [0.1, 0.15) is 12.4 Å². The molecule has 0 atom stereocenters. The third-order valence-electron chi connectivity index (χ3n) is 5.04. The summed E-state index contributed by atoms with van der Waals surface area (Å²) < 4.78 is 10.4. The van der Waals surface area contributed by atoms with E-state index < -0.39 is 0 Å². The zero-order chi connectivity index (χ0) is 19.6. The predicted octanol–water partition coefficient (Wildman–Crippen LogP) is 7.22. The zero-order valence-electron chi connectivity index (χ0n) is 17.6. The molecule has 0 aliphatic heterocycles. The molecule has 0 amide bonds. The van der Waals surface area contributed by atoms with E-state index in [4.69, 9.17) is 9.47 Å². The van der Waals surface area contributed by atoms with Crippen LogP contribution >= 0.6 is 0 Å². The second kappa shape index (κ2) is 16.6. The van der Waals surface area contributed by atoms with Gasteiger partial charge in [0.15, 0.2) is 0 Å². The van der Waals surface area contributed by atoms with Crippen LogP contribution in [0.5, 0.6) is 5.75 Å². The van der Waals surface area contributed by atoms with Gasteiger partial charge in [0.25, 0.3) is 0 Å². The molecule has 0 unspecified atom stereocenters. The number of carbonyl (C=O) groups is 1. The van der Waals surface area contributed by atoms with Crippen molar-refractivity contribution in [2.75, 3.05) is 7.11 Å². The van der Waals surface area contributed by atoms with Gasteiger partial charge < -0.3 is 9.47 Å². The molecule has 0 N–H and O–H groups in total. The van der Waals surface area contributed by atoms with Crippen LogP contribution in [0.2, 0.25) is 0 Å². The van der Waals surface area contributed by atoms with Crippen molar-refractivity contribution in [2.24, 2.45) is 0 Å². The third-order valence-corrected chi connectivity index (χ3v) is 5.04. The molecule has 27 heavy (non-hydrogen) atoms. The van der Waals surface area contributed by atoms with E-state index in [1.165, 1.54) is 70.6 Å². The number of carbonyl (C=O) groups excluding carboxylic acids is 1. The van der Waals surface area contributed by atoms with Gasteiger partial charge in [-0.15, -0.1) is 0 Å². The number of esters is 1. The van der Waals surface area contributed by atoms with Crippen molar-refractivity contribution in [1.29, 1.82) is 0 Å². The Morgan fingerprint density at radius 2 is 1.22 bits per heavy atom. The fraction of sp³-hybridized carbons (Fsp3) is 0.708. The van der Waals surface area contributed by atoms with Gasteiger partial charge in [-0.2, -0.15) is 0 Å². The molecule has 0 bridgehead atoms. The summed E-state index contributed by atoms with van der Waals surface area (Å²) in [6, 6.07) is 7.62. The Kier molecular flexibility index (Phi) is 14.5. The van der Waals surface area contributed by atoms with E-state index in [1.807, 2.05) is 24.3 Å². The molecule has 3 nitrogen and oxygen atoms in total. The fourth-order valence-corrected chi connectivity index (χ4v) is 3.24. The fourth-order valence-electron chi connectivity index (χ4n) is 3.24. The summed E-state index contributed by atoms with van der Waals surface area (Å²) in [5.41, 5.74) is 0.995. The maximum atomic E-state index is 11.8. The molecular weight excluding hydrogens is 336 g/mol. The summed E-state index contributed by atoms with van der Waals surface area (Å²) in [5, 5.41) is 0. The van der Waals surface area contributed by atoms with E-state index in [1.54, 1.807) is 7.11 Å². The summed E-state index contributed by atoms with van der Waals surface area (Å²) in [5.74, 6) is 0.728. The van der Waals surface area contributed by atoms with Crippen LogP contribution in [0.1, 0.15) is 102 Å². The Labute approximate surface area is 166 Å². The van der Waals surface area contributed by atoms with Gasteiger partial charge in [-0.05, 0) is 24.1 Å². The van der Waals surface area contributed by atoms with Gasteiger partial charge in [-0.1, -0.05) is 96.1 Å². The summed E-state index contributed by atoms with van der Waals surface area (Å²) in [6.45, 7) is 2.62. The molecule has 0 radical (unpaired) electrons. The van der Waals surface area contributed by atoms with Crippen LogP contribution in [-0.4, -0.2) is 13.1 Å². The summed E-state index contributed by atoms with van der Waals surface area (Å²) in [6.07, 6.45) is 17.7. The maximum Gasteiger partial charge on any atom is 0.306 e. The Morgan fingerprint density at radius 3 is 1.70 bits per heavy atom. The van der Waals surface area contributed by atoms with E-state index in [9.17, 15) is 4.79 Å². The Balaban J connectivity index is 1.86. The molecule has 0 aliphatic carbocycles. The topological polar surface area (TPSA) is 35.5 Å². The quantitative estimate of drug-likeness (QED) is 0.213. The average Bonchev–Trinajstić information content (AvgIpc) is 2.70. The van der Waals surface area contributed by atoms with E-state index in [2.05, 4.69) is 6.92 Å². The van der Waals surface area contributed by atoms with Gasteiger partial charge in [0.2, 0.25) is 0 Å². The minimum Gasteiger partial charge on any atom is -0.497 e. The number of unbranched alkanes of at least 4 members (excludes halogenated alkanes) is 12. The second-order valence-electron chi connectivity index (χ2n) is 7.50. The lowest BCUT2D eigenvalue weighted by molar-refractivity contribution is -0.145. The Hall–Kier alpha value is -1.51. The number of rotatable bonds is 17. The van der Waals surface area contributed by atoms with Crippen molar-refractivity contribution in [3.63, 3.8) is 0 Å². The first-order chi connectivity index (χ1) is 13.3. The molecule has 0 heterocycles. The number of ether oxygens (including phenoxy) is 2. The zero-order valence-corrected chi connectivity index (χ0v) is 17.6. The van der Waals surface area contributed by atoms with Crippen LogP contribution < -0.4 is 4.74 Å². The predicted molar refractivity (Wildman–Crippen MR) is 113 cm³/mol. The lowest BCUT2D eigenvalue weighted by Gasteiger charge is -2.06. The van der Waals surface area contributed by atoms with Crippen molar-refractivity contribution < 1.29 is 14.3 Å². The average molecular weight is 377 g/mol. The molecule has 0 saturated carbocycles. The van der Waals surface area contributed by atoms with Crippen molar-refractivity contribution in [3.05, 3.63) is 29.8 Å². The number of methoxy groups -OCH3 is 1. The van der Waals surface area contributed by atoms with Crippen molar-refractivity contribution in [2.45, 2.75) is 103 Å². The highest BCUT2D eigenvalue weighted by Crippen LogP contribution is 2.14. The van der Waals surface area contributed by atoms with Gasteiger partial charge in [0.05, 0.1) is 7.11 Å². The van der Waals surface area contributed by atoms with E-state index in [-0.39, 0.29) is 5.97 Å². The monoisotopic (exact) mass is 376 g/mol. The van der Waals surface area contributed by atoms with Crippen LogP contribution in [0.25, 0.3) is 0 Å². The van der Waals surface area contributed by atoms with Crippen LogP contribution in [0.4, 0.5) is 0 Å². The molecule has 1 aromatic rings. The normalized spacial score (nSPS) is 10.7. The number of hydrogen-bond acceptors (Lipinski definition) is 3. The molecular formula is C24H40O3. The lowest BCUT2D eigenvalue weighted by Crippen LogP contribution is -2.04. The largest absolute Gasteiger partial charge is 0.497 e.